The van der Waals surface area contributed by atoms with Gasteiger partial charge in [-0.25, -0.2) is 4.98 Å². The summed E-state index contributed by atoms with van der Waals surface area (Å²) in [4.78, 5) is 20.9. The first-order valence-electron chi connectivity index (χ1n) is 5.96. The number of rotatable bonds is 2. The predicted octanol–water partition coefficient (Wildman–Crippen LogP) is 3.34. The van der Waals surface area contributed by atoms with Gasteiger partial charge in [0.05, 0.1) is 4.91 Å². The Morgan fingerprint density at radius 2 is 2.10 bits per heavy atom. The van der Waals surface area contributed by atoms with Gasteiger partial charge < -0.3 is 5.32 Å². The third-order valence-electron chi connectivity index (χ3n) is 2.64. The lowest BCUT2D eigenvalue weighted by molar-refractivity contribution is -0.115. The average molecular weight is 301 g/mol. The smallest absolute Gasteiger partial charge is 0.264 e. The third kappa shape index (κ3) is 2.97. The standard InChI is InChI=1S/C14H11N3OS2/c1-9-2-4-10(5-3-9)8-11-12(18)16-14(20-11)17-13-15-6-7-19-13/h2-8H,1H3,(H,15,16,17,18)/b11-8+. The minimum atomic E-state index is -0.120. The highest BCUT2D eigenvalue weighted by Crippen LogP contribution is 2.28. The molecule has 20 heavy (non-hydrogen) atoms. The van der Waals surface area contributed by atoms with Gasteiger partial charge in [0.15, 0.2) is 5.17 Å². The van der Waals surface area contributed by atoms with E-state index in [4.69, 9.17) is 0 Å². The maximum absolute atomic E-state index is 11.9. The van der Waals surface area contributed by atoms with E-state index in [1.54, 1.807) is 6.20 Å². The zero-order chi connectivity index (χ0) is 13.9. The second-order valence-corrected chi connectivity index (χ2v) is 6.11. The Labute approximate surface area is 124 Å². The predicted molar refractivity (Wildman–Crippen MR) is 84.1 cm³/mol. The van der Waals surface area contributed by atoms with Crippen LogP contribution in [0.25, 0.3) is 6.08 Å². The largest absolute Gasteiger partial charge is 0.300 e. The number of aryl methyl sites for hydroxylation is 1. The molecule has 1 aliphatic heterocycles. The maximum atomic E-state index is 11.9. The van der Waals surface area contributed by atoms with E-state index in [9.17, 15) is 4.79 Å². The summed E-state index contributed by atoms with van der Waals surface area (Å²) in [6, 6.07) is 8.03. The molecule has 1 N–H and O–H groups in total. The number of aliphatic imine (C=N–C) groups is 1. The van der Waals surface area contributed by atoms with E-state index in [1.807, 2.05) is 42.6 Å². The fourth-order valence-corrected chi connectivity index (χ4v) is 3.04. The first-order chi connectivity index (χ1) is 9.70. The topological polar surface area (TPSA) is 54.4 Å². The number of thioether (sulfide) groups is 1. The number of thiazole rings is 1. The van der Waals surface area contributed by atoms with Gasteiger partial charge >= 0.3 is 0 Å². The molecule has 1 aromatic carbocycles. The van der Waals surface area contributed by atoms with Crippen LogP contribution in [0.5, 0.6) is 0 Å². The first-order valence-corrected chi connectivity index (χ1v) is 7.66. The Bertz CT molecular complexity index is 688. The second kappa shape index (κ2) is 5.60. The second-order valence-electron chi connectivity index (χ2n) is 4.21. The van der Waals surface area contributed by atoms with Crippen LogP contribution in [-0.4, -0.2) is 16.1 Å². The Hall–Kier alpha value is -1.92. The number of nitrogens with zero attached hydrogens (tertiary/aromatic N) is 2. The molecule has 1 aromatic heterocycles. The third-order valence-corrected chi connectivity index (χ3v) is 4.22. The van der Waals surface area contributed by atoms with Crippen molar-refractivity contribution in [1.82, 2.24) is 10.3 Å². The highest BCUT2D eigenvalue weighted by Gasteiger charge is 2.23. The molecule has 0 atom stereocenters. The lowest BCUT2D eigenvalue weighted by Gasteiger charge is -1.95. The van der Waals surface area contributed by atoms with Gasteiger partial charge in [0.2, 0.25) is 5.13 Å². The zero-order valence-electron chi connectivity index (χ0n) is 10.7. The number of hydrogen-bond acceptors (Lipinski definition) is 5. The number of amidine groups is 1. The summed E-state index contributed by atoms with van der Waals surface area (Å²) in [5, 5.41) is 5.81. The van der Waals surface area contributed by atoms with Crippen molar-refractivity contribution in [2.75, 3.05) is 0 Å². The molecular weight excluding hydrogens is 290 g/mol. The molecule has 2 heterocycles. The van der Waals surface area contributed by atoms with Crippen LogP contribution >= 0.6 is 23.1 Å². The van der Waals surface area contributed by atoms with Gasteiger partial charge in [-0.3, -0.25) is 4.79 Å². The van der Waals surface area contributed by atoms with E-state index in [-0.39, 0.29) is 5.91 Å². The first kappa shape index (κ1) is 13.1. The van der Waals surface area contributed by atoms with Crippen LogP contribution in [0.2, 0.25) is 0 Å². The van der Waals surface area contributed by atoms with Gasteiger partial charge in [-0.1, -0.05) is 29.8 Å². The molecule has 0 radical (unpaired) electrons. The molecule has 1 amide bonds. The quantitative estimate of drug-likeness (QED) is 0.866. The lowest BCUT2D eigenvalue weighted by Crippen LogP contribution is -2.19. The van der Waals surface area contributed by atoms with E-state index in [0.717, 1.165) is 5.56 Å². The highest BCUT2D eigenvalue weighted by atomic mass is 32.2. The van der Waals surface area contributed by atoms with Gasteiger partial charge in [-0.05, 0) is 30.3 Å². The average Bonchev–Trinajstić information content (AvgIpc) is 3.04. The van der Waals surface area contributed by atoms with Crippen molar-refractivity contribution in [3.05, 3.63) is 51.9 Å². The van der Waals surface area contributed by atoms with E-state index in [0.29, 0.717) is 15.2 Å². The molecule has 0 unspecified atom stereocenters. The lowest BCUT2D eigenvalue weighted by atomic mass is 10.1. The van der Waals surface area contributed by atoms with Crippen LogP contribution in [0.4, 0.5) is 5.13 Å². The molecule has 6 heteroatoms. The van der Waals surface area contributed by atoms with Crippen LogP contribution in [0.15, 0.2) is 45.7 Å². The molecule has 1 aliphatic rings. The summed E-state index contributed by atoms with van der Waals surface area (Å²) in [5.41, 5.74) is 2.20. The minimum absolute atomic E-state index is 0.120. The SMILES string of the molecule is Cc1ccc(/C=C2/S/C(=N/c3nccs3)NC2=O)cc1. The van der Waals surface area contributed by atoms with Crippen molar-refractivity contribution in [2.24, 2.45) is 4.99 Å². The summed E-state index contributed by atoms with van der Waals surface area (Å²) in [6.45, 7) is 2.03. The van der Waals surface area contributed by atoms with Crippen molar-refractivity contribution in [1.29, 1.82) is 0 Å². The van der Waals surface area contributed by atoms with Crippen molar-refractivity contribution >= 4 is 45.4 Å². The Morgan fingerprint density at radius 3 is 2.80 bits per heavy atom. The molecule has 2 aromatic rings. The van der Waals surface area contributed by atoms with Gasteiger partial charge in [-0.15, -0.1) is 11.3 Å². The van der Waals surface area contributed by atoms with Crippen molar-refractivity contribution in [3.63, 3.8) is 0 Å². The number of benzene rings is 1. The van der Waals surface area contributed by atoms with Crippen molar-refractivity contribution in [3.8, 4) is 0 Å². The molecule has 0 aliphatic carbocycles. The molecule has 4 nitrogen and oxygen atoms in total. The van der Waals surface area contributed by atoms with Crippen molar-refractivity contribution < 1.29 is 4.79 Å². The monoisotopic (exact) mass is 301 g/mol. The Balaban J connectivity index is 1.82. The van der Waals surface area contributed by atoms with Crippen LogP contribution in [0.3, 0.4) is 0 Å². The fourth-order valence-electron chi connectivity index (χ4n) is 1.65. The number of carbonyl (C=O) groups excluding carboxylic acids is 1. The van der Waals surface area contributed by atoms with Gasteiger partial charge in [0, 0.05) is 11.6 Å². The van der Waals surface area contributed by atoms with Crippen LogP contribution in [0.1, 0.15) is 11.1 Å². The summed E-state index contributed by atoms with van der Waals surface area (Å²) < 4.78 is 0. The minimum Gasteiger partial charge on any atom is -0.300 e. The molecule has 100 valence electrons. The summed E-state index contributed by atoms with van der Waals surface area (Å²) >= 11 is 2.77. The summed E-state index contributed by atoms with van der Waals surface area (Å²) in [5.74, 6) is -0.120. The zero-order valence-corrected chi connectivity index (χ0v) is 12.3. The van der Waals surface area contributed by atoms with E-state index in [2.05, 4.69) is 15.3 Å². The number of carbonyl (C=O) groups is 1. The summed E-state index contributed by atoms with van der Waals surface area (Å²) in [7, 11) is 0. The molecule has 3 rings (SSSR count). The van der Waals surface area contributed by atoms with Gasteiger partial charge in [0.25, 0.3) is 5.91 Å². The molecule has 0 bridgehead atoms. The fraction of sp³-hybridized carbons (Fsp3) is 0.0714. The molecule has 0 saturated carbocycles. The normalized spacial score (nSPS) is 18.8. The maximum Gasteiger partial charge on any atom is 0.264 e. The number of hydrogen-bond donors (Lipinski definition) is 1. The van der Waals surface area contributed by atoms with E-state index >= 15 is 0 Å². The Kier molecular flexibility index (Phi) is 3.66. The van der Waals surface area contributed by atoms with E-state index < -0.39 is 0 Å². The van der Waals surface area contributed by atoms with Crippen LogP contribution in [0, 0.1) is 6.92 Å². The van der Waals surface area contributed by atoms with Crippen LogP contribution < -0.4 is 5.32 Å². The van der Waals surface area contributed by atoms with Crippen molar-refractivity contribution in [2.45, 2.75) is 6.92 Å². The number of aromatic nitrogens is 1. The van der Waals surface area contributed by atoms with Gasteiger partial charge in [-0.2, -0.15) is 4.99 Å². The molecule has 1 fully saturated rings. The molecule has 0 spiro atoms. The molecular formula is C14H11N3OS2. The van der Waals surface area contributed by atoms with Gasteiger partial charge in [0.1, 0.15) is 0 Å². The highest BCUT2D eigenvalue weighted by molar-refractivity contribution is 8.18. The Morgan fingerprint density at radius 1 is 1.30 bits per heavy atom. The number of amides is 1. The molecule has 1 saturated heterocycles. The van der Waals surface area contributed by atoms with Crippen LogP contribution in [-0.2, 0) is 4.79 Å². The summed E-state index contributed by atoms with van der Waals surface area (Å²) in [6.07, 6.45) is 3.55. The number of nitrogens with one attached hydrogen (secondary N) is 1. The van der Waals surface area contributed by atoms with E-state index in [1.165, 1.54) is 28.7 Å².